The Hall–Kier alpha value is -2.63. The molecule has 0 saturated carbocycles. The first kappa shape index (κ1) is 61.4. The van der Waals surface area contributed by atoms with Crippen molar-refractivity contribution in [2.45, 2.75) is 290 Å². The van der Waals surface area contributed by atoms with Crippen LogP contribution in [0.2, 0.25) is 0 Å². The molecule has 0 fully saturated rings. The van der Waals surface area contributed by atoms with Gasteiger partial charge in [-0.05, 0) is 83.5 Å². The number of hydrogen-bond donors (Lipinski definition) is 0. The van der Waals surface area contributed by atoms with E-state index in [2.05, 4.69) is 69.4 Å². The third-order valence-electron chi connectivity index (χ3n) is 12.1. The maximum Gasteiger partial charge on any atom is 0.306 e. The third kappa shape index (κ3) is 50.4. The van der Waals surface area contributed by atoms with Crippen LogP contribution in [0.25, 0.3) is 0 Å². The minimum absolute atomic E-state index is 0.0764. The highest BCUT2D eigenvalue weighted by Gasteiger charge is 2.19. The van der Waals surface area contributed by atoms with Crippen LogP contribution in [-0.4, -0.2) is 37.2 Å². The Morgan fingerprint density at radius 2 is 0.562 bits per heavy atom. The molecule has 0 aromatic carbocycles. The molecule has 6 heteroatoms. The first-order chi connectivity index (χ1) is 31.5. The van der Waals surface area contributed by atoms with Gasteiger partial charge < -0.3 is 14.2 Å². The summed E-state index contributed by atoms with van der Waals surface area (Å²) in [6.07, 6.45) is 63.7. The molecule has 0 aliphatic carbocycles. The maximum atomic E-state index is 12.8. The van der Waals surface area contributed by atoms with Crippen molar-refractivity contribution in [2.24, 2.45) is 0 Å². The zero-order valence-electron chi connectivity index (χ0n) is 42.6. The highest BCUT2D eigenvalue weighted by Crippen LogP contribution is 2.15. The van der Waals surface area contributed by atoms with Crippen LogP contribution >= 0.6 is 0 Å². The Bertz CT molecular complexity index is 1120. The second kappa shape index (κ2) is 53.0. The van der Waals surface area contributed by atoms with Crippen molar-refractivity contribution in [3.63, 3.8) is 0 Å². The predicted molar refractivity (Wildman–Crippen MR) is 275 cm³/mol. The zero-order chi connectivity index (χ0) is 46.5. The molecule has 0 aromatic heterocycles. The van der Waals surface area contributed by atoms with Crippen LogP contribution in [0.4, 0.5) is 0 Å². The van der Waals surface area contributed by atoms with E-state index in [4.69, 9.17) is 14.2 Å². The normalized spacial score (nSPS) is 12.4. The van der Waals surface area contributed by atoms with Gasteiger partial charge in [0.2, 0.25) is 0 Å². The van der Waals surface area contributed by atoms with Gasteiger partial charge >= 0.3 is 17.9 Å². The van der Waals surface area contributed by atoms with Gasteiger partial charge in [-0.3, -0.25) is 14.4 Å². The molecule has 0 aliphatic rings. The van der Waals surface area contributed by atoms with Gasteiger partial charge in [-0.1, -0.05) is 230 Å². The van der Waals surface area contributed by atoms with E-state index in [1.807, 2.05) is 0 Å². The lowest BCUT2D eigenvalue weighted by Gasteiger charge is -2.18. The molecular formula is C58H104O6. The van der Waals surface area contributed by atoms with Gasteiger partial charge in [-0.2, -0.15) is 0 Å². The molecule has 0 rings (SSSR count). The van der Waals surface area contributed by atoms with E-state index in [-0.39, 0.29) is 31.1 Å². The molecule has 6 nitrogen and oxygen atoms in total. The number of esters is 3. The van der Waals surface area contributed by atoms with Gasteiger partial charge in [-0.15, -0.1) is 0 Å². The van der Waals surface area contributed by atoms with Crippen molar-refractivity contribution in [3.05, 3.63) is 48.6 Å². The lowest BCUT2D eigenvalue weighted by molar-refractivity contribution is -0.167. The number of carbonyl (C=O) groups excluding carboxylic acids is 3. The second-order valence-corrected chi connectivity index (χ2v) is 18.5. The SMILES string of the molecule is CCCCC/C=C\C/C=C\CCCCCCCCCC(=O)OC[C@H](COC(=O)CCCCCCCCCCCCCC)OC(=O)CCCCCCCCC/C=C\C/C=C\CCCCC. The fraction of sp³-hybridized carbons (Fsp3) is 0.810. The van der Waals surface area contributed by atoms with E-state index in [0.717, 1.165) is 83.5 Å². The summed E-state index contributed by atoms with van der Waals surface area (Å²) in [6.45, 7) is 6.60. The Balaban J connectivity index is 4.37. The van der Waals surface area contributed by atoms with Gasteiger partial charge in [0.15, 0.2) is 6.10 Å². The molecule has 0 spiro atoms. The van der Waals surface area contributed by atoms with Crippen LogP contribution in [0.15, 0.2) is 48.6 Å². The van der Waals surface area contributed by atoms with Gasteiger partial charge in [0.1, 0.15) is 13.2 Å². The van der Waals surface area contributed by atoms with Crippen LogP contribution in [0.3, 0.4) is 0 Å². The summed E-state index contributed by atoms with van der Waals surface area (Å²) >= 11 is 0. The summed E-state index contributed by atoms with van der Waals surface area (Å²) in [5, 5.41) is 0. The second-order valence-electron chi connectivity index (χ2n) is 18.5. The summed E-state index contributed by atoms with van der Waals surface area (Å²) in [6, 6.07) is 0. The quantitative estimate of drug-likeness (QED) is 0.0262. The molecule has 0 aliphatic heterocycles. The van der Waals surface area contributed by atoms with Gasteiger partial charge in [0.05, 0.1) is 0 Å². The van der Waals surface area contributed by atoms with Crippen LogP contribution in [0, 0.1) is 0 Å². The number of ether oxygens (including phenoxy) is 3. The molecule has 372 valence electrons. The van der Waals surface area contributed by atoms with E-state index in [1.54, 1.807) is 0 Å². The average Bonchev–Trinajstić information content (AvgIpc) is 3.29. The van der Waals surface area contributed by atoms with Crippen LogP contribution in [0.1, 0.15) is 284 Å². The van der Waals surface area contributed by atoms with Crippen molar-refractivity contribution in [1.29, 1.82) is 0 Å². The van der Waals surface area contributed by atoms with E-state index in [9.17, 15) is 14.4 Å². The molecule has 0 N–H and O–H groups in total. The Kier molecular flexibility index (Phi) is 50.8. The van der Waals surface area contributed by atoms with Gasteiger partial charge in [-0.25, -0.2) is 0 Å². The van der Waals surface area contributed by atoms with Crippen LogP contribution in [-0.2, 0) is 28.6 Å². The third-order valence-corrected chi connectivity index (χ3v) is 12.1. The fourth-order valence-corrected chi connectivity index (χ4v) is 7.86. The van der Waals surface area contributed by atoms with Crippen molar-refractivity contribution in [2.75, 3.05) is 13.2 Å². The van der Waals surface area contributed by atoms with Crippen molar-refractivity contribution in [3.8, 4) is 0 Å². The molecule has 0 amide bonds. The molecule has 0 aromatic rings. The van der Waals surface area contributed by atoms with Gasteiger partial charge in [0, 0.05) is 19.3 Å². The van der Waals surface area contributed by atoms with E-state index in [1.165, 1.54) is 161 Å². The van der Waals surface area contributed by atoms with E-state index >= 15 is 0 Å². The Morgan fingerprint density at radius 3 is 0.891 bits per heavy atom. The Labute approximate surface area is 397 Å². The highest BCUT2D eigenvalue weighted by molar-refractivity contribution is 5.71. The van der Waals surface area contributed by atoms with Crippen LogP contribution < -0.4 is 0 Å². The monoisotopic (exact) mass is 897 g/mol. The smallest absolute Gasteiger partial charge is 0.306 e. The lowest BCUT2D eigenvalue weighted by Crippen LogP contribution is -2.30. The standard InChI is InChI=1S/C58H104O6/c1-4-7-10-13-16-19-22-25-27-29-31-33-36-39-42-45-48-51-57(60)63-54-55(53-62-56(59)50-47-44-41-38-35-24-21-18-15-12-9-6-3)64-58(61)52-49-46-43-40-37-34-32-30-28-26-23-20-17-14-11-8-5-2/h16-17,19-20,25-28,55H,4-15,18,21-24,29-54H2,1-3H3/b19-16-,20-17-,27-25-,28-26-/t55-/m0/s1. The maximum absolute atomic E-state index is 12.8. The lowest BCUT2D eigenvalue weighted by atomic mass is 10.0. The summed E-state index contributed by atoms with van der Waals surface area (Å²) in [4.78, 5) is 38.1. The van der Waals surface area contributed by atoms with Crippen molar-refractivity contribution in [1.82, 2.24) is 0 Å². The molecule has 0 saturated heterocycles. The molecule has 1 atom stereocenters. The molecule has 0 bridgehead atoms. The average molecular weight is 897 g/mol. The summed E-state index contributed by atoms with van der Waals surface area (Å²) in [5.41, 5.74) is 0. The Morgan fingerprint density at radius 1 is 0.312 bits per heavy atom. The topological polar surface area (TPSA) is 78.9 Å². The number of carbonyl (C=O) groups is 3. The highest BCUT2D eigenvalue weighted by atomic mass is 16.6. The summed E-state index contributed by atoms with van der Waals surface area (Å²) < 4.78 is 16.8. The van der Waals surface area contributed by atoms with E-state index < -0.39 is 6.10 Å². The first-order valence-electron chi connectivity index (χ1n) is 27.6. The van der Waals surface area contributed by atoms with Crippen molar-refractivity contribution < 1.29 is 28.6 Å². The minimum Gasteiger partial charge on any atom is -0.462 e. The molecule has 64 heavy (non-hydrogen) atoms. The summed E-state index contributed by atoms with van der Waals surface area (Å²) in [5.74, 6) is -0.882. The first-order valence-corrected chi connectivity index (χ1v) is 27.6. The van der Waals surface area contributed by atoms with Crippen molar-refractivity contribution >= 4 is 17.9 Å². The van der Waals surface area contributed by atoms with Crippen LogP contribution in [0.5, 0.6) is 0 Å². The number of hydrogen-bond acceptors (Lipinski definition) is 6. The summed E-state index contributed by atoms with van der Waals surface area (Å²) in [7, 11) is 0. The predicted octanol–water partition coefficient (Wildman–Crippen LogP) is 18.3. The fourth-order valence-electron chi connectivity index (χ4n) is 7.86. The number of rotatable bonds is 50. The minimum atomic E-state index is -0.778. The largest absolute Gasteiger partial charge is 0.462 e. The molecule has 0 unspecified atom stereocenters. The zero-order valence-corrected chi connectivity index (χ0v) is 42.6. The number of allylic oxidation sites excluding steroid dienone is 8. The molecular weight excluding hydrogens is 793 g/mol. The molecule has 0 radical (unpaired) electrons. The van der Waals surface area contributed by atoms with E-state index in [0.29, 0.717) is 19.3 Å². The van der Waals surface area contributed by atoms with Gasteiger partial charge in [0.25, 0.3) is 0 Å². The number of unbranched alkanes of at least 4 members (excludes halogenated alkanes) is 31. The molecule has 0 heterocycles.